The Morgan fingerprint density at radius 3 is 2.75 bits per heavy atom. The van der Waals surface area contributed by atoms with Gasteiger partial charge in [-0.3, -0.25) is 14.4 Å². The average Bonchev–Trinajstić information content (AvgIpc) is 2.94. The summed E-state index contributed by atoms with van der Waals surface area (Å²) in [4.78, 5) is 43.0. The normalized spacial score (nSPS) is 10.5. The summed E-state index contributed by atoms with van der Waals surface area (Å²) >= 11 is 1.58. The zero-order valence-electron chi connectivity index (χ0n) is 13.9. The Balaban J connectivity index is 2.01. The SMILES string of the molecule is Cc1cnc(CCNC(=O)c2cccn(CC(=O)N(C)C)c2=O)s1. The van der Waals surface area contributed by atoms with Crippen LogP contribution in [0.25, 0.3) is 0 Å². The van der Waals surface area contributed by atoms with Crippen molar-refractivity contribution in [3.05, 3.63) is 50.3 Å². The van der Waals surface area contributed by atoms with E-state index in [1.165, 1.54) is 21.7 Å². The predicted molar refractivity (Wildman–Crippen MR) is 92.3 cm³/mol. The maximum atomic E-state index is 12.3. The highest BCUT2D eigenvalue weighted by Crippen LogP contribution is 2.10. The van der Waals surface area contributed by atoms with Gasteiger partial charge in [0.25, 0.3) is 11.5 Å². The lowest BCUT2D eigenvalue weighted by Gasteiger charge is -2.12. The highest BCUT2D eigenvalue weighted by Gasteiger charge is 2.14. The molecular weight excluding hydrogens is 328 g/mol. The number of hydrogen-bond donors (Lipinski definition) is 1. The maximum absolute atomic E-state index is 12.3. The molecule has 0 radical (unpaired) electrons. The van der Waals surface area contributed by atoms with Crippen LogP contribution in [0.15, 0.2) is 29.3 Å². The Hall–Kier alpha value is -2.48. The molecule has 0 fully saturated rings. The van der Waals surface area contributed by atoms with Gasteiger partial charge in [-0.15, -0.1) is 11.3 Å². The number of thiazole rings is 1. The lowest BCUT2D eigenvalue weighted by molar-refractivity contribution is -0.129. The molecule has 0 unspecified atom stereocenters. The Morgan fingerprint density at radius 2 is 2.12 bits per heavy atom. The Morgan fingerprint density at radius 1 is 1.38 bits per heavy atom. The number of hydrogen-bond acceptors (Lipinski definition) is 5. The second-order valence-electron chi connectivity index (χ2n) is 5.51. The molecule has 128 valence electrons. The van der Waals surface area contributed by atoms with Gasteiger partial charge in [-0.05, 0) is 19.1 Å². The molecule has 0 aliphatic carbocycles. The third kappa shape index (κ3) is 4.51. The van der Waals surface area contributed by atoms with Crippen LogP contribution in [0.3, 0.4) is 0 Å². The molecule has 0 aliphatic rings. The van der Waals surface area contributed by atoms with Crippen molar-refractivity contribution in [1.82, 2.24) is 19.8 Å². The van der Waals surface area contributed by atoms with Crippen LogP contribution in [0.4, 0.5) is 0 Å². The Labute approximate surface area is 143 Å². The van der Waals surface area contributed by atoms with Gasteiger partial charge < -0.3 is 14.8 Å². The molecule has 0 bridgehead atoms. The van der Waals surface area contributed by atoms with Crippen molar-refractivity contribution in [2.24, 2.45) is 0 Å². The molecule has 8 heteroatoms. The van der Waals surface area contributed by atoms with Gasteiger partial charge in [0.15, 0.2) is 0 Å². The zero-order valence-corrected chi connectivity index (χ0v) is 14.7. The van der Waals surface area contributed by atoms with Crippen LogP contribution in [0.5, 0.6) is 0 Å². The number of carbonyl (C=O) groups excluding carboxylic acids is 2. The van der Waals surface area contributed by atoms with E-state index in [0.29, 0.717) is 13.0 Å². The average molecular weight is 348 g/mol. The summed E-state index contributed by atoms with van der Waals surface area (Å²) in [5, 5.41) is 3.66. The number of aromatic nitrogens is 2. The first-order valence-corrected chi connectivity index (χ1v) is 8.29. The number of likely N-dealkylation sites (N-methyl/N-ethyl adjacent to an activating group) is 1. The number of aryl methyl sites for hydroxylation is 1. The highest BCUT2D eigenvalue weighted by atomic mass is 32.1. The van der Waals surface area contributed by atoms with Crippen molar-refractivity contribution in [2.45, 2.75) is 19.9 Å². The fourth-order valence-electron chi connectivity index (χ4n) is 2.02. The van der Waals surface area contributed by atoms with E-state index in [0.717, 1.165) is 9.88 Å². The van der Waals surface area contributed by atoms with Crippen LogP contribution in [-0.4, -0.2) is 46.9 Å². The first-order valence-electron chi connectivity index (χ1n) is 7.47. The van der Waals surface area contributed by atoms with E-state index in [4.69, 9.17) is 0 Å². The lowest BCUT2D eigenvalue weighted by Crippen LogP contribution is -2.36. The van der Waals surface area contributed by atoms with E-state index in [1.807, 2.05) is 6.92 Å². The van der Waals surface area contributed by atoms with Crippen LogP contribution in [0.2, 0.25) is 0 Å². The summed E-state index contributed by atoms with van der Waals surface area (Å²) < 4.78 is 1.24. The van der Waals surface area contributed by atoms with Crippen molar-refractivity contribution in [3.8, 4) is 0 Å². The summed E-state index contributed by atoms with van der Waals surface area (Å²) in [5.74, 6) is -0.659. The van der Waals surface area contributed by atoms with Crippen LogP contribution in [0, 0.1) is 6.92 Å². The van der Waals surface area contributed by atoms with Crippen LogP contribution < -0.4 is 10.9 Å². The predicted octanol–water partition coefficient (Wildman–Crippen LogP) is 0.674. The lowest BCUT2D eigenvalue weighted by atomic mass is 10.2. The van der Waals surface area contributed by atoms with E-state index in [9.17, 15) is 14.4 Å². The molecule has 0 aromatic carbocycles. The number of nitrogens with zero attached hydrogens (tertiary/aromatic N) is 3. The minimum absolute atomic E-state index is 0.0272. The second kappa shape index (κ2) is 7.87. The van der Waals surface area contributed by atoms with Crippen LogP contribution in [0.1, 0.15) is 20.2 Å². The molecule has 0 aliphatic heterocycles. The summed E-state index contributed by atoms with van der Waals surface area (Å²) in [6.07, 6.45) is 3.91. The molecule has 2 aromatic heterocycles. The number of nitrogens with one attached hydrogen (secondary N) is 1. The zero-order chi connectivity index (χ0) is 17.7. The van der Waals surface area contributed by atoms with Gasteiger partial charge in [-0.1, -0.05) is 0 Å². The fourth-order valence-corrected chi connectivity index (χ4v) is 2.80. The topological polar surface area (TPSA) is 84.3 Å². The van der Waals surface area contributed by atoms with Gasteiger partial charge in [0.05, 0.1) is 5.01 Å². The molecule has 0 spiro atoms. The standard InChI is InChI=1S/C16H20N4O3S/c1-11-9-18-13(24-11)6-7-17-15(22)12-5-4-8-20(16(12)23)10-14(21)19(2)3/h4-5,8-9H,6-7,10H2,1-3H3,(H,17,22). The number of carbonyl (C=O) groups is 2. The number of amides is 2. The summed E-state index contributed by atoms with van der Waals surface area (Å²) in [6, 6.07) is 3.05. The van der Waals surface area contributed by atoms with E-state index in [-0.39, 0.29) is 18.0 Å². The summed E-state index contributed by atoms with van der Waals surface area (Å²) in [6.45, 7) is 2.28. The minimum atomic E-state index is -0.477. The molecule has 0 saturated heterocycles. The van der Waals surface area contributed by atoms with Gasteiger partial charge in [-0.25, -0.2) is 4.98 Å². The third-order valence-electron chi connectivity index (χ3n) is 3.36. The Kier molecular flexibility index (Phi) is 5.86. The first-order chi connectivity index (χ1) is 11.4. The van der Waals surface area contributed by atoms with E-state index < -0.39 is 11.5 Å². The van der Waals surface area contributed by atoms with Crippen molar-refractivity contribution >= 4 is 23.2 Å². The third-order valence-corrected chi connectivity index (χ3v) is 4.34. The number of rotatable bonds is 6. The fraction of sp³-hybridized carbons (Fsp3) is 0.375. The van der Waals surface area contributed by atoms with Crippen LogP contribution >= 0.6 is 11.3 Å². The molecule has 2 rings (SSSR count). The molecule has 1 N–H and O–H groups in total. The molecule has 7 nitrogen and oxygen atoms in total. The molecule has 2 aromatic rings. The van der Waals surface area contributed by atoms with Gasteiger partial charge >= 0.3 is 0 Å². The molecule has 24 heavy (non-hydrogen) atoms. The van der Waals surface area contributed by atoms with Crippen molar-refractivity contribution < 1.29 is 9.59 Å². The molecular formula is C16H20N4O3S. The van der Waals surface area contributed by atoms with E-state index >= 15 is 0 Å². The van der Waals surface area contributed by atoms with Crippen molar-refractivity contribution in [3.63, 3.8) is 0 Å². The summed E-state index contributed by atoms with van der Waals surface area (Å²) in [5.41, 5.74) is -0.449. The molecule has 2 amide bonds. The highest BCUT2D eigenvalue weighted by molar-refractivity contribution is 7.11. The van der Waals surface area contributed by atoms with Crippen LogP contribution in [-0.2, 0) is 17.8 Å². The maximum Gasteiger partial charge on any atom is 0.263 e. The van der Waals surface area contributed by atoms with Crippen molar-refractivity contribution in [2.75, 3.05) is 20.6 Å². The van der Waals surface area contributed by atoms with Gasteiger partial charge in [0, 0.05) is 44.3 Å². The van der Waals surface area contributed by atoms with E-state index in [2.05, 4.69) is 10.3 Å². The first kappa shape index (κ1) is 17.9. The molecule has 0 saturated carbocycles. The quantitative estimate of drug-likeness (QED) is 0.832. The van der Waals surface area contributed by atoms with Gasteiger partial charge in [-0.2, -0.15) is 0 Å². The molecule has 2 heterocycles. The van der Waals surface area contributed by atoms with Gasteiger partial charge in [0.1, 0.15) is 12.1 Å². The monoisotopic (exact) mass is 348 g/mol. The second-order valence-corrected chi connectivity index (χ2v) is 6.83. The summed E-state index contributed by atoms with van der Waals surface area (Å²) in [7, 11) is 3.23. The smallest absolute Gasteiger partial charge is 0.263 e. The Bertz CT molecular complexity index is 795. The largest absolute Gasteiger partial charge is 0.351 e. The molecule has 0 atom stereocenters. The minimum Gasteiger partial charge on any atom is -0.351 e. The van der Waals surface area contributed by atoms with Gasteiger partial charge in [0.2, 0.25) is 5.91 Å². The number of pyridine rings is 1. The van der Waals surface area contributed by atoms with E-state index in [1.54, 1.807) is 37.7 Å². The van der Waals surface area contributed by atoms with Crippen molar-refractivity contribution in [1.29, 1.82) is 0 Å².